The zero-order valence-corrected chi connectivity index (χ0v) is 13.1. The fraction of sp³-hybridized carbons (Fsp3) is 0.500. The van der Waals surface area contributed by atoms with Gasteiger partial charge >= 0.3 is 5.97 Å². The largest absolute Gasteiger partial charge is 0.481 e. The molecule has 1 rings (SSSR count). The summed E-state index contributed by atoms with van der Waals surface area (Å²) < 4.78 is 0. The summed E-state index contributed by atoms with van der Waals surface area (Å²) >= 11 is 0. The van der Waals surface area contributed by atoms with E-state index < -0.39 is 11.4 Å². The van der Waals surface area contributed by atoms with Crippen molar-refractivity contribution >= 4 is 17.6 Å². The molecule has 3 N–H and O–H groups in total. The molecule has 0 atom stereocenters. The van der Waals surface area contributed by atoms with Gasteiger partial charge in [-0.05, 0) is 45.4 Å². The average molecular weight is 292 g/mol. The summed E-state index contributed by atoms with van der Waals surface area (Å²) in [5.74, 6) is -0.984. The summed E-state index contributed by atoms with van der Waals surface area (Å²) in [6.45, 7) is 7.68. The number of hydrogen-bond acceptors (Lipinski definition) is 3. The molecule has 1 aromatic carbocycles. The number of rotatable bonds is 6. The third-order valence-corrected chi connectivity index (χ3v) is 3.62. The third kappa shape index (κ3) is 4.21. The Bertz CT molecular complexity index is 507. The van der Waals surface area contributed by atoms with Crippen LogP contribution in [0.15, 0.2) is 24.3 Å². The van der Waals surface area contributed by atoms with Gasteiger partial charge in [0.15, 0.2) is 0 Å². The summed E-state index contributed by atoms with van der Waals surface area (Å²) in [7, 11) is 0. The molecular formula is C16H24N2O3. The number of carbonyl (C=O) groups is 2. The van der Waals surface area contributed by atoms with Crippen LogP contribution in [0.4, 0.5) is 5.69 Å². The van der Waals surface area contributed by atoms with Gasteiger partial charge < -0.3 is 15.7 Å². The first kappa shape index (κ1) is 17.0. The molecule has 0 spiro atoms. The number of nitrogens with zero attached hydrogens (tertiary/aromatic N) is 1. The van der Waals surface area contributed by atoms with E-state index in [2.05, 4.69) is 0 Å². The highest BCUT2D eigenvalue weighted by atomic mass is 16.4. The Labute approximate surface area is 125 Å². The molecule has 5 nitrogen and oxygen atoms in total. The Morgan fingerprint density at radius 3 is 2.19 bits per heavy atom. The molecule has 116 valence electrons. The number of amides is 1. The lowest BCUT2D eigenvalue weighted by Crippen LogP contribution is -2.47. The van der Waals surface area contributed by atoms with E-state index >= 15 is 0 Å². The maximum atomic E-state index is 12.8. The van der Waals surface area contributed by atoms with E-state index in [-0.39, 0.29) is 24.9 Å². The Morgan fingerprint density at radius 2 is 1.76 bits per heavy atom. The molecule has 0 unspecified atom stereocenters. The third-order valence-electron chi connectivity index (χ3n) is 3.62. The van der Waals surface area contributed by atoms with Gasteiger partial charge in [0, 0.05) is 18.3 Å². The summed E-state index contributed by atoms with van der Waals surface area (Å²) in [5, 5.41) is 8.82. The minimum Gasteiger partial charge on any atom is -0.481 e. The molecular weight excluding hydrogens is 268 g/mol. The number of carboxylic acids is 1. The first-order valence-corrected chi connectivity index (χ1v) is 7.05. The molecule has 0 aliphatic heterocycles. The van der Waals surface area contributed by atoms with Crippen molar-refractivity contribution in [3.8, 4) is 0 Å². The van der Waals surface area contributed by atoms with Gasteiger partial charge in [0.1, 0.15) is 0 Å². The average Bonchev–Trinajstić information content (AvgIpc) is 2.38. The van der Waals surface area contributed by atoms with E-state index in [1.807, 2.05) is 39.8 Å². The van der Waals surface area contributed by atoms with E-state index in [1.54, 1.807) is 17.0 Å². The second-order valence-electron chi connectivity index (χ2n) is 5.98. The van der Waals surface area contributed by atoms with Crippen molar-refractivity contribution in [1.82, 2.24) is 4.90 Å². The Hall–Kier alpha value is -2.04. The van der Waals surface area contributed by atoms with Crippen LogP contribution in [0.2, 0.25) is 0 Å². The summed E-state index contributed by atoms with van der Waals surface area (Å²) in [6.07, 6.45) is -0.0538. The minimum absolute atomic E-state index is 0.0510. The van der Waals surface area contributed by atoms with Gasteiger partial charge in [-0.3, -0.25) is 9.59 Å². The van der Waals surface area contributed by atoms with Crippen LogP contribution in [-0.2, 0) is 15.0 Å². The van der Waals surface area contributed by atoms with Gasteiger partial charge in [-0.15, -0.1) is 0 Å². The predicted octanol–water partition coefficient (Wildman–Crippen LogP) is 2.26. The first-order valence-electron chi connectivity index (χ1n) is 7.05. The van der Waals surface area contributed by atoms with Gasteiger partial charge in [-0.1, -0.05) is 12.1 Å². The summed E-state index contributed by atoms with van der Waals surface area (Å²) in [6, 6.07) is 7.15. The fourth-order valence-corrected chi connectivity index (χ4v) is 2.19. The second kappa shape index (κ2) is 6.61. The number of anilines is 1. The SMILES string of the molecule is CC(C)N(CCC(=O)O)C(=O)C(C)(C)c1ccc(N)cc1. The van der Waals surface area contributed by atoms with E-state index in [4.69, 9.17) is 10.8 Å². The van der Waals surface area contributed by atoms with Crippen LogP contribution in [0.5, 0.6) is 0 Å². The first-order chi connectivity index (χ1) is 9.66. The Morgan fingerprint density at radius 1 is 1.24 bits per heavy atom. The second-order valence-corrected chi connectivity index (χ2v) is 5.98. The molecule has 1 amide bonds. The van der Waals surface area contributed by atoms with Gasteiger partial charge in [0.05, 0.1) is 11.8 Å². The molecule has 5 heteroatoms. The number of benzene rings is 1. The van der Waals surface area contributed by atoms with Crippen LogP contribution in [0.1, 0.15) is 39.7 Å². The van der Waals surface area contributed by atoms with Crippen molar-refractivity contribution in [3.63, 3.8) is 0 Å². The van der Waals surface area contributed by atoms with Crippen LogP contribution in [0.3, 0.4) is 0 Å². The molecule has 0 radical (unpaired) electrons. The summed E-state index contributed by atoms with van der Waals surface area (Å²) in [5.41, 5.74) is 6.46. The number of carboxylic acid groups (broad SMARTS) is 1. The maximum Gasteiger partial charge on any atom is 0.305 e. The lowest BCUT2D eigenvalue weighted by atomic mass is 9.82. The minimum atomic E-state index is -0.904. The monoisotopic (exact) mass is 292 g/mol. The number of aliphatic carboxylic acids is 1. The molecule has 21 heavy (non-hydrogen) atoms. The van der Waals surface area contributed by atoms with Crippen LogP contribution in [-0.4, -0.2) is 34.5 Å². The molecule has 0 saturated heterocycles. The number of nitrogen functional groups attached to an aromatic ring is 1. The molecule has 1 aromatic rings. The van der Waals surface area contributed by atoms with Crippen molar-refractivity contribution < 1.29 is 14.7 Å². The van der Waals surface area contributed by atoms with Gasteiger partial charge in [0.2, 0.25) is 5.91 Å². The smallest absolute Gasteiger partial charge is 0.305 e. The van der Waals surface area contributed by atoms with Crippen molar-refractivity contribution in [2.45, 2.75) is 45.6 Å². The summed E-state index contributed by atoms with van der Waals surface area (Å²) in [4.78, 5) is 25.2. The molecule has 0 fully saturated rings. The van der Waals surface area contributed by atoms with Crippen LogP contribution < -0.4 is 5.73 Å². The maximum absolute atomic E-state index is 12.8. The molecule has 0 aromatic heterocycles. The fourth-order valence-electron chi connectivity index (χ4n) is 2.19. The molecule has 0 aliphatic carbocycles. The van der Waals surface area contributed by atoms with Gasteiger partial charge in [-0.2, -0.15) is 0 Å². The van der Waals surface area contributed by atoms with E-state index in [0.29, 0.717) is 5.69 Å². The van der Waals surface area contributed by atoms with Crippen molar-refractivity contribution in [3.05, 3.63) is 29.8 Å². The topological polar surface area (TPSA) is 83.6 Å². The Balaban J connectivity index is 3.00. The van der Waals surface area contributed by atoms with E-state index in [1.165, 1.54) is 0 Å². The Kier molecular flexibility index (Phi) is 5.35. The van der Waals surface area contributed by atoms with Crippen LogP contribution in [0.25, 0.3) is 0 Å². The standard InChI is InChI=1S/C16H24N2O3/c1-11(2)18(10-9-14(19)20)15(21)16(3,4)12-5-7-13(17)8-6-12/h5-8,11H,9-10,17H2,1-4H3,(H,19,20). The zero-order chi connectivity index (χ0) is 16.2. The van der Waals surface area contributed by atoms with E-state index in [0.717, 1.165) is 5.56 Å². The highest BCUT2D eigenvalue weighted by Gasteiger charge is 2.34. The number of carbonyl (C=O) groups excluding carboxylic acids is 1. The predicted molar refractivity (Wildman–Crippen MR) is 83.0 cm³/mol. The van der Waals surface area contributed by atoms with Gasteiger partial charge in [-0.25, -0.2) is 0 Å². The van der Waals surface area contributed by atoms with Crippen LogP contribution in [0, 0.1) is 0 Å². The molecule has 0 saturated carbocycles. The molecule has 0 aliphatic rings. The number of hydrogen-bond donors (Lipinski definition) is 2. The number of nitrogens with two attached hydrogens (primary N) is 1. The van der Waals surface area contributed by atoms with Crippen molar-refractivity contribution in [2.24, 2.45) is 0 Å². The van der Waals surface area contributed by atoms with Gasteiger partial charge in [0.25, 0.3) is 0 Å². The lowest BCUT2D eigenvalue weighted by molar-refractivity contribution is -0.141. The zero-order valence-electron chi connectivity index (χ0n) is 13.1. The highest BCUT2D eigenvalue weighted by Crippen LogP contribution is 2.27. The molecule has 0 bridgehead atoms. The van der Waals surface area contributed by atoms with Crippen molar-refractivity contribution in [2.75, 3.05) is 12.3 Å². The highest BCUT2D eigenvalue weighted by molar-refractivity contribution is 5.88. The van der Waals surface area contributed by atoms with Crippen LogP contribution >= 0.6 is 0 Å². The lowest BCUT2D eigenvalue weighted by Gasteiger charge is -2.34. The van der Waals surface area contributed by atoms with Crippen molar-refractivity contribution in [1.29, 1.82) is 0 Å². The normalized spacial score (nSPS) is 11.5. The van der Waals surface area contributed by atoms with E-state index in [9.17, 15) is 9.59 Å². The molecule has 0 heterocycles. The quantitative estimate of drug-likeness (QED) is 0.788.